The first-order chi connectivity index (χ1) is 9.59. The van der Waals surface area contributed by atoms with Crippen molar-refractivity contribution in [3.05, 3.63) is 0 Å². The van der Waals surface area contributed by atoms with Crippen LogP contribution in [0.1, 0.15) is 25.7 Å². The first-order valence-electron chi connectivity index (χ1n) is 7.21. The second kappa shape index (κ2) is 5.05. The molecule has 0 saturated carbocycles. The summed E-state index contributed by atoms with van der Waals surface area (Å²) in [5, 5.41) is 8.20. The molecule has 3 rings (SSSR count). The number of rotatable bonds is 2. The van der Waals surface area contributed by atoms with Gasteiger partial charge < -0.3 is 15.5 Å². The van der Waals surface area contributed by atoms with Crippen LogP contribution in [0.25, 0.3) is 0 Å². The topological polar surface area (TPSA) is 90.5 Å². The zero-order valence-corrected chi connectivity index (χ0v) is 11.4. The van der Waals surface area contributed by atoms with Gasteiger partial charge in [-0.25, -0.2) is 4.79 Å². The van der Waals surface area contributed by atoms with Crippen LogP contribution in [0, 0.1) is 5.92 Å². The third-order valence-electron chi connectivity index (χ3n) is 4.56. The minimum Gasteiger partial charge on any atom is -0.340 e. The number of likely N-dealkylation sites (tertiary alicyclic amines) is 1. The van der Waals surface area contributed by atoms with Crippen molar-refractivity contribution < 1.29 is 14.4 Å². The summed E-state index contributed by atoms with van der Waals surface area (Å²) in [4.78, 5) is 37.1. The number of urea groups is 1. The highest BCUT2D eigenvalue weighted by Crippen LogP contribution is 2.26. The standard InChI is InChI=1S/C13H20N4O3/c18-10(7-9-1-4-14-5-2-9)17-6-3-13(8-17)11(19)15-12(20)16-13/h9,14H,1-8H2,(H2,15,16,19,20). The number of nitrogens with zero attached hydrogens (tertiary/aromatic N) is 1. The fourth-order valence-corrected chi connectivity index (χ4v) is 3.30. The maximum absolute atomic E-state index is 12.3. The van der Waals surface area contributed by atoms with E-state index < -0.39 is 11.6 Å². The van der Waals surface area contributed by atoms with Crippen molar-refractivity contribution in [3.63, 3.8) is 0 Å². The average Bonchev–Trinajstić information content (AvgIpc) is 2.96. The van der Waals surface area contributed by atoms with Gasteiger partial charge >= 0.3 is 6.03 Å². The van der Waals surface area contributed by atoms with E-state index in [1.54, 1.807) is 4.90 Å². The minimum absolute atomic E-state index is 0.0997. The van der Waals surface area contributed by atoms with E-state index in [2.05, 4.69) is 16.0 Å². The van der Waals surface area contributed by atoms with Gasteiger partial charge in [-0.1, -0.05) is 0 Å². The number of hydrogen-bond acceptors (Lipinski definition) is 4. The van der Waals surface area contributed by atoms with E-state index in [-0.39, 0.29) is 11.8 Å². The molecule has 0 aliphatic carbocycles. The minimum atomic E-state index is -0.888. The van der Waals surface area contributed by atoms with Crippen LogP contribution >= 0.6 is 0 Å². The molecule has 0 bridgehead atoms. The summed E-state index contributed by atoms with van der Waals surface area (Å²) in [6.07, 6.45) is 3.11. The fraction of sp³-hybridized carbons (Fsp3) is 0.769. The van der Waals surface area contributed by atoms with Crippen molar-refractivity contribution >= 4 is 17.8 Å². The molecule has 0 aromatic carbocycles. The van der Waals surface area contributed by atoms with Crippen molar-refractivity contribution in [2.75, 3.05) is 26.2 Å². The van der Waals surface area contributed by atoms with Crippen LogP contribution < -0.4 is 16.0 Å². The van der Waals surface area contributed by atoms with E-state index in [0.717, 1.165) is 25.9 Å². The Morgan fingerprint density at radius 3 is 2.70 bits per heavy atom. The molecule has 7 heteroatoms. The van der Waals surface area contributed by atoms with Crippen LogP contribution in [0.5, 0.6) is 0 Å². The number of amides is 4. The first kappa shape index (κ1) is 13.4. The van der Waals surface area contributed by atoms with Crippen LogP contribution in [0.4, 0.5) is 4.79 Å². The highest BCUT2D eigenvalue weighted by Gasteiger charge is 2.51. The second-order valence-corrected chi connectivity index (χ2v) is 5.95. The summed E-state index contributed by atoms with van der Waals surface area (Å²) in [5.41, 5.74) is -0.888. The Bertz CT molecular complexity index is 447. The summed E-state index contributed by atoms with van der Waals surface area (Å²) < 4.78 is 0. The average molecular weight is 280 g/mol. The predicted molar refractivity (Wildman–Crippen MR) is 70.8 cm³/mol. The van der Waals surface area contributed by atoms with Crippen molar-refractivity contribution in [1.82, 2.24) is 20.9 Å². The van der Waals surface area contributed by atoms with Gasteiger partial charge in [-0.3, -0.25) is 14.9 Å². The lowest BCUT2D eigenvalue weighted by Gasteiger charge is -2.25. The van der Waals surface area contributed by atoms with Gasteiger partial charge in [-0.2, -0.15) is 0 Å². The molecule has 0 radical (unpaired) electrons. The molecule has 0 aromatic rings. The number of carbonyl (C=O) groups excluding carboxylic acids is 3. The number of hydrogen-bond donors (Lipinski definition) is 3. The zero-order chi connectivity index (χ0) is 14.2. The zero-order valence-electron chi connectivity index (χ0n) is 11.4. The summed E-state index contributed by atoms with van der Waals surface area (Å²) in [6, 6.07) is -0.456. The van der Waals surface area contributed by atoms with E-state index in [9.17, 15) is 14.4 Å². The lowest BCUT2D eigenvalue weighted by atomic mass is 9.94. The number of imide groups is 1. The third kappa shape index (κ3) is 2.37. The van der Waals surface area contributed by atoms with Gasteiger partial charge in [0, 0.05) is 13.0 Å². The smallest absolute Gasteiger partial charge is 0.322 e. The van der Waals surface area contributed by atoms with E-state index in [4.69, 9.17) is 0 Å². The Morgan fingerprint density at radius 2 is 2.05 bits per heavy atom. The summed E-state index contributed by atoms with van der Waals surface area (Å²) in [7, 11) is 0. The second-order valence-electron chi connectivity index (χ2n) is 5.95. The molecule has 3 fully saturated rings. The van der Waals surface area contributed by atoms with Crippen molar-refractivity contribution in [1.29, 1.82) is 0 Å². The van der Waals surface area contributed by atoms with E-state index in [0.29, 0.717) is 31.8 Å². The molecule has 20 heavy (non-hydrogen) atoms. The first-order valence-corrected chi connectivity index (χ1v) is 7.21. The van der Waals surface area contributed by atoms with Crippen molar-refractivity contribution in [3.8, 4) is 0 Å². The normalized spacial score (nSPS) is 30.7. The van der Waals surface area contributed by atoms with Gasteiger partial charge in [0.2, 0.25) is 5.91 Å². The molecule has 3 aliphatic rings. The molecule has 4 amide bonds. The maximum Gasteiger partial charge on any atom is 0.322 e. The van der Waals surface area contributed by atoms with Gasteiger partial charge in [0.25, 0.3) is 5.91 Å². The Hall–Kier alpha value is -1.63. The third-order valence-corrected chi connectivity index (χ3v) is 4.56. The Labute approximate surface area is 117 Å². The molecule has 3 saturated heterocycles. The molecule has 1 atom stereocenters. The summed E-state index contributed by atoms with van der Waals surface area (Å²) in [6.45, 7) is 2.78. The molecular formula is C13H20N4O3. The number of piperidine rings is 1. The van der Waals surface area contributed by atoms with Gasteiger partial charge in [-0.05, 0) is 38.3 Å². The SMILES string of the molecule is O=C1NC(=O)C2(CCN(C(=O)CC3CCNCC3)C2)N1. The van der Waals surface area contributed by atoms with E-state index >= 15 is 0 Å². The van der Waals surface area contributed by atoms with Crippen LogP contribution in [-0.2, 0) is 9.59 Å². The van der Waals surface area contributed by atoms with E-state index in [1.807, 2.05) is 0 Å². The monoisotopic (exact) mass is 280 g/mol. The van der Waals surface area contributed by atoms with Crippen LogP contribution in [0.2, 0.25) is 0 Å². The highest BCUT2D eigenvalue weighted by molar-refractivity contribution is 6.07. The van der Waals surface area contributed by atoms with Crippen molar-refractivity contribution in [2.45, 2.75) is 31.2 Å². The Morgan fingerprint density at radius 1 is 1.30 bits per heavy atom. The number of nitrogens with one attached hydrogen (secondary N) is 3. The fourth-order valence-electron chi connectivity index (χ4n) is 3.30. The van der Waals surface area contributed by atoms with Crippen LogP contribution in [0.15, 0.2) is 0 Å². The van der Waals surface area contributed by atoms with E-state index in [1.165, 1.54) is 0 Å². The van der Waals surface area contributed by atoms with Crippen LogP contribution in [-0.4, -0.2) is 54.5 Å². The molecule has 3 aliphatic heterocycles. The largest absolute Gasteiger partial charge is 0.340 e. The molecule has 7 nitrogen and oxygen atoms in total. The van der Waals surface area contributed by atoms with Gasteiger partial charge in [0.05, 0.1) is 6.54 Å². The predicted octanol–water partition coefficient (Wildman–Crippen LogP) is -0.813. The lowest BCUT2D eigenvalue weighted by molar-refractivity contribution is -0.132. The molecular weight excluding hydrogens is 260 g/mol. The molecule has 1 spiro atoms. The van der Waals surface area contributed by atoms with Crippen LogP contribution in [0.3, 0.4) is 0 Å². The quantitative estimate of drug-likeness (QED) is 0.577. The van der Waals surface area contributed by atoms with Gasteiger partial charge in [0.15, 0.2) is 0 Å². The molecule has 110 valence electrons. The maximum atomic E-state index is 12.3. The number of carbonyl (C=O) groups is 3. The van der Waals surface area contributed by atoms with Gasteiger partial charge in [0.1, 0.15) is 5.54 Å². The molecule has 0 aromatic heterocycles. The molecule has 3 heterocycles. The Kier molecular flexibility index (Phi) is 3.37. The van der Waals surface area contributed by atoms with Crippen molar-refractivity contribution in [2.24, 2.45) is 5.92 Å². The molecule has 1 unspecified atom stereocenters. The summed E-state index contributed by atoms with van der Waals surface area (Å²) >= 11 is 0. The highest BCUT2D eigenvalue weighted by atomic mass is 16.2. The Balaban J connectivity index is 1.58. The summed E-state index contributed by atoms with van der Waals surface area (Å²) in [5.74, 6) is 0.231. The molecule has 3 N–H and O–H groups in total. The van der Waals surface area contributed by atoms with Gasteiger partial charge in [-0.15, -0.1) is 0 Å². The lowest BCUT2D eigenvalue weighted by Crippen LogP contribution is -2.49.